The van der Waals surface area contributed by atoms with Crippen molar-refractivity contribution in [1.82, 2.24) is 16.1 Å². The summed E-state index contributed by atoms with van der Waals surface area (Å²) in [5, 5.41) is 19.9. The van der Waals surface area contributed by atoms with Crippen molar-refractivity contribution in [3.63, 3.8) is 0 Å². The fraction of sp³-hybridized carbons (Fsp3) is 0.357. The van der Waals surface area contributed by atoms with Crippen LogP contribution < -0.4 is 30.3 Å². The Morgan fingerprint density at radius 3 is 2.60 bits per heavy atom. The highest BCUT2D eigenvalue weighted by Gasteiger charge is 2.32. The molecule has 1 aliphatic heterocycles. The maximum absolute atomic E-state index is 12.4. The Morgan fingerprint density at radius 2 is 1.93 bits per heavy atom. The number of hydrogen-bond acceptors (Lipinski definition) is 11. The summed E-state index contributed by atoms with van der Waals surface area (Å²) in [5.74, 6) is -0.160. The van der Waals surface area contributed by atoms with Crippen LogP contribution in [0.3, 0.4) is 0 Å². The number of carbonyl (C=O) groups excluding carboxylic acids is 3. The number of urea groups is 1. The van der Waals surface area contributed by atoms with Gasteiger partial charge in [-0.3, -0.25) is 5.43 Å². The normalized spacial score (nSPS) is 15.3. The lowest BCUT2D eigenvalue weighted by atomic mass is 9.95. The number of esters is 2. The molecule has 1 aliphatic rings. The Balaban J connectivity index is 1.64. The summed E-state index contributed by atoms with van der Waals surface area (Å²) < 4.78 is 27.1. The average Bonchev–Trinajstić information content (AvgIpc) is 2.95. The maximum Gasteiger partial charge on any atom is 0.344 e. The quantitative estimate of drug-likeness (QED) is 0.100. The van der Waals surface area contributed by atoms with Gasteiger partial charge in [0.15, 0.2) is 30.1 Å². The number of methoxy groups -OCH3 is 1. The molecular formula is C28H32BrClN4O9. The van der Waals surface area contributed by atoms with Crippen LogP contribution in [0.2, 0.25) is 5.02 Å². The highest BCUT2D eigenvalue weighted by Crippen LogP contribution is 2.35. The van der Waals surface area contributed by atoms with Crippen LogP contribution in [0.15, 0.2) is 51.2 Å². The Hall–Kier alpha value is -4.01. The second-order valence-electron chi connectivity index (χ2n) is 8.82. The monoisotopic (exact) mass is 682 g/mol. The molecule has 0 aromatic heterocycles. The second kappa shape index (κ2) is 16.0. The van der Waals surface area contributed by atoms with Crippen LogP contribution in [0, 0.1) is 0 Å². The Morgan fingerprint density at radius 1 is 1.16 bits per heavy atom. The van der Waals surface area contributed by atoms with Crippen LogP contribution >= 0.6 is 27.5 Å². The number of aliphatic hydroxyl groups excluding tert-OH is 1. The zero-order chi connectivity index (χ0) is 31.5. The van der Waals surface area contributed by atoms with Gasteiger partial charge < -0.3 is 39.4 Å². The summed E-state index contributed by atoms with van der Waals surface area (Å²) in [6, 6.07) is 6.93. The number of rotatable bonds is 14. The van der Waals surface area contributed by atoms with Crippen molar-refractivity contribution in [1.29, 1.82) is 0 Å². The molecule has 0 saturated carbocycles. The third kappa shape index (κ3) is 9.24. The minimum absolute atomic E-state index is 0.196. The lowest BCUT2D eigenvalue weighted by Gasteiger charge is -2.28. The van der Waals surface area contributed by atoms with E-state index >= 15 is 0 Å². The van der Waals surface area contributed by atoms with E-state index in [4.69, 9.17) is 35.3 Å². The first-order valence-corrected chi connectivity index (χ1v) is 14.2. The second-order valence-corrected chi connectivity index (χ2v) is 10.1. The van der Waals surface area contributed by atoms with Gasteiger partial charge in [0, 0.05) is 5.70 Å². The van der Waals surface area contributed by atoms with Crippen molar-refractivity contribution in [3.8, 4) is 17.2 Å². The van der Waals surface area contributed by atoms with E-state index in [0.717, 1.165) is 0 Å². The topological polar surface area (TPSA) is 166 Å². The van der Waals surface area contributed by atoms with E-state index in [1.807, 2.05) is 0 Å². The molecule has 3 rings (SSSR count). The van der Waals surface area contributed by atoms with Crippen LogP contribution in [-0.4, -0.2) is 69.1 Å². The standard InChI is InChI=1S/C28H32BrClN4O9/c1-5-40-21-11-17(25-24(27(37)39-4)15(3)32-28(38)33-25)7-8-20(21)42-13-22(35)34-31-12-16-9-18(29)26(19(30)10-16)43-14-23(36)41-6-2/h7-12,22,25,34-35H,5-6,13-14H2,1-4H3,(H2,32,33,38)/b31-12-/t22-,25-/m1/s1. The van der Waals surface area contributed by atoms with Crippen molar-refractivity contribution in [2.24, 2.45) is 5.10 Å². The van der Waals surface area contributed by atoms with E-state index in [-0.39, 0.29) is 36.2 Å². The third-order valence-corrected chi connectivity index (χ3v) is 6.64. The lowest BCUT2D eigenvalue weighted by Crippen LogP contribution is -2.45. The van der Waals surface area contributed by atoms with Crippen LogP contribution in [0.25, 0.3) is 0 Å². The number of nitrogens with one attached hydrogen (secondary N) is 3. The number of amides is 2. The van der Waals surface area contributed by atoms with E-state index in [9.17, 15) is 19.5 Å². The molecule has 0 bridgehead atoms. The van der Waals surface area contributed by atoms with E-state index in [1.165, 1.54) is 13.3 Å². The number of nitrogens with zero attached hydrogens (tertiary/aromatic N) is 1. The molecule has 4 N–H and O–H groups in total. The maximum atomic E-state index is 12.4. The van der Waals surface area contributed by atoms with Gasteiger partial charge in [0.1, 0.15) is 6.61 Å². The van der Waals surface area contributed by atoms with Gasteiger partial charge in [0.2, 0.25) is 0 Å². The molecule has 43 heavy (non-hydrogen) atoms. The smallest absolute Gasteiger partial charge is 0.344 e. The van der Waals surface area contributed by atoms with Crippen molar-refractivity contribution >= 4 is 51.7 Å². The molecule has 0 radical (unpaired) electrons. The number of carbonyl (C=O) groups is 3. The summed E-state index contributed by atoms with van der Waals surface area (Å²) in [5.41, 5.74) is 4.33. The van der Waals surface area contributed by atoms with Gasteiger partial charge in [0.05, 0.1) is 47.6 Å². The minimum Gasteiger partial charge on any atom is -0.490 e. The lowest BCUT2D eigenvalue weighted by molar-refractivity contribution is -0.145. The van der Waals surface area contributed by atoms with E-state index in [2.05, 4.69) is 37.1 Å². The fourth-order valence-corrected chi connectivity index (χ4v) is 4.93. The Labute approximate surface area is 261 Å². The van der Waals surface area contributed by atoms with Crippen LogP contribution in [0.4, 0.5) is 4.79 Å². The highest BCUT2D eigenvalue weighted by atomic mass is 79.9. The van der Waals surface area contributed by atoms with Gasteiger partial charge in [-0.1, -0.05) is 17.7 Å². The number of ether oxygens (including phenoxy) is 5. The van der Waals surface area contributed by atoms with E-state index < -0.39 is 30.2 Å². The molecule has 15 heteroatoms. The van der Waals surface area contributed by atoms with Crippen LogP contribution in [0.5, 0.6) is 17.2 Å². The van der Waals surface area contributed by atoms with Gasteiger partial charge >= 0.3 is 18.0 Å². The molecule has 2 atom stereocenters. The number of halogens is 2. The average molecular weight is 684 g/mol. The van der Waals surface area contributed by atoms with Crippen molar-refractivity contribution < 1.29 is 43.2 Å². The molecule has 13 nitrogen and oxygen atoms in total. The minimum atomic E-state index is -1.20. The molecule has 0 spiro atoms. The molecule has 0 fully saturated rings. The Kier molecular flexibility index (Phi) is 12.5. The number of allylic oxidation sites excluding steroid dienone is 1. The molecule has 0 saturated heterocycles. The van der Waals surface area contributed by atoms with Gasteiger partial charge in [0.25, 0.3) is 0 Å². The predicted molar refractivity (Wildman–Crippen MR) is 160 cm³/mol. The summed E-state index contributed by atoms with van der Waals surface area (Å²) in [6.45, 7) is 5.17. The SMILES string of the molecule is CCOC(=O)COc1c(Cl)cc(/C=N\N[C@H](O)COc2ccc([C@H]3NC(=O)NC(C)=C3C(=O)OC)cc2OCC)cc1Br. The summed E-state index contributed by atoms with van der Waals surface area (Å²) in [4.78, 5) is 36.1. The largest absolute Gasteiger partial charge is 0.490 e. The molecule has 2 aromatic carbocycles. The molecule has 0 aliphatic carbocycles. The Bertz CT molecular complexity index is 1380. The first kappa shape index (κ1) is 33.5. The first-order valence-electron chi connectivity index (χ1n) is 13.1. The third-order valence-electron chi connectivity index (χ3n) is 5.77. The van der Waals surface area contributed by atoms with Crippen molar-refractivity contribution in [2.45, 2.75) is 33.0 Å². The number of hydrazone groups is 1. The molecule has 2 amide bonds. The molecular weight excluding hydrogens is 652 g/mol. The van der Waals surface area contributed by atoms with Gasteiger partial charge in [-0.15, -0.1) is 0 Å². The number of hydrogen-bond donors (Lipinski definition) is 4. The summed E-state index contributed by atoms with van der Waals surface area (Å²) in [6.07, 6.45) is 0.230. The van der Waals surface area contributed by atoms with Crippen LogP contribution in [-0.2, 0) is 19.1 Å². The number of benzene rings is 2. The highest BCUT2D eigenvalue weighted by molar-refractivity contribution is 9.10. The fourth-order valence-electron chi connectivity index (χ4n) is 3.95. The zero-order valence-corrected chi connectivity index (χ0v) is 26.2. The van der Waals surface area contributed by atoms with Crippen molar-refractivity contribution in [3.05, 3.63) is 62.2 Å². The predicted octanol–water partition coefficient (Wildman–Crippen LogP) is 3.56. The number of aliphatic hydroxyl groups is 1. The first-order chi connectivity index (χ1) is 20.6. The summed E-state index contributed by atoms with van der Waals surface area (Å²) in [7, 11) is 1.26. The molecule has 232 valence electrons. The van der Waals surface area contributed by atoms with E-state index in [0.29, 0.717) is 39.4 Å². The van der Waals surface area contributed by atoms with Gasteiger partial charge in [-0.2, -0.15) is 5.10 Å². The summed E-state index contributed by atoms with van der Waals surface area (Å²) >= 11 is 9.64. The molecule has 2 aromatic rings. The van der Waals surface area contributed by atoms with E-state index in [1.54, 1.807) is 51.1 Å². The van der Waals surface area contributed by atoms with Gasteiger partial charge in [-0.05, 0) is 72.1 Å². The van der Waals surface area contributed by atoms with Crippen molar-refractivity contribution in [2.75, 3.05) is 33.5 Å². The van der Waals surface area contributed by atoms with Crippen LogP contribution in [0.1, 0.15) is 37.9 Å². The molecule has 0 unspecified atom stereocenters. The van der Waals surface area contributed by atoms with Gasteiger partial charge in [-0.25, -0.2) is 14.4 Å². The molecule has 1 heterocycles. The zero-order valence-electron chi connectivity index (χ0n) is 23.9.